The molecule has 0 spiro atoms. The summed E-state index contributed by atoms with van der Waals surface area (Å²) in [4.78, 5) is 6.28. The topological polar surface area (TPSA) is 42.9 Å². The Kier molecular flexibility index (Phi) is 5.04. The predicted octanol–water partition coefficient (Wildman–Crippen LogP) is 7.17. The third kappa shape index (κ3) is 3.84. The van der Waals surface area contributed by atoms with Crippen LogP contribution in [0.15, 0.2) is 77.8 Å². The molecule has 0 bridgehead atoms. The fourth-order valence-electron chi connectivity index (χ4n) is 3.68. The standard InChI is InChI=1S/C25H22N2O2S2/c1-25(2)23-22(20-15-19(28-3)13-14-21(20)27-25)24(31-30-23)26-16-9-11-18(12-10-16)29-17-7-5-4-6-8-17/h4-15,27H,1-3H3. The Balaban J connectivity index is 1.54. The summed E-state index contributed by atoms with van der Waals surface area (Å²) in [6.45, 7) is 4.42. The number of nitrogens with zero attached hydrogens (tertiary/aromatic N) is 1. The molecule has 0 saturated heterocycles. The summed E-state index contributed by atoms with van der Waals surface area (Å²) in [5.41, 5.74) is 4.18. The van der Waals surface area contributed by atoms with Gasteiger partial charge in [0, 0.05) is 16.8 Å². The van der Waals surface area contributed by atoms with Crippen LogP contribution in [-0.4, -0.2) is 7.11 Å². The number of methoxy groups -OCH3 is 1. The molecular weight excluding hydrogens is 424 g/mol. The van der Waals surface area contributed by atoms with Gasteiger partial charge in [0.25, 0.3) is 0 Å². The maximum atomic E-state index is 5.90. The van der Waals surface area contributed by atoms with Crippen LogP contribution in [0.4, 0.5) is 11.4 Å². The second kappa shape index (κ2) is 7.87. The summed E-state index contributed by atoms with van der Waals surface area (Å²) >= 11 is 0. The average molecular weight is 447 g/mol. The van der Waals surface area contributed by atoms with E-state index in [2.05, 4.69) is 31.3 Å². The Morgan fingerprint density at radius 1 is 0.839 bits per heavy atom. The SMILES string of the molecule is COc1ccc2c(c1)-c1c(ssc1=Nc1ccc(Oc3ccccc3)cc1)C(C)(C)N2. The molecule has 0 fully saturated rings. The van der Waals surface area contributed by atoms with Crippen molar-refractivity contribution in [2.45, 2.75) is 19.4 Å². The van der Waals surface area contributed by atoms with E-state index in [1.807, 2.05) is 60.7 Å². The van der Waals surface area contributed by atoms with Crippen LogP contribution in [0, 0.1) is 0 Å². The van der Waals surface area contributed by atoms with Gasteiger partial charge in [-0.2, -0.15) is 0 Å². The van der Waals surface area contributed by atoms with Crippen LogP contribution in [-0.2, 0) is 5.54 Å². The molecule has 0 unspecified atom stereocenters. The Bertz CT molecular complexity index is 1290. The fourth-order valence-corrected chi connectivity index (χ4v) is 6.62. The molecule has 0 radical (unpaired) electrons. The molecule has 31 heavy (non-hydrogen) atoms. The molecule has 1 aliphatic rings. The van der Waals surface area contributed by atoms with Crippen LogP contribution in [0.1, 0.15) is 18.7 Å². The molecule has 156 valence electrons. The average Bonchev–Trinajstić information content (AvgIpc) is 3.21. The maximum absolute atomic E-state index is 5.90. The number of benzene rings is 3. The van der Waals surface area contributed by atoms with Crippen LogP contribution in [0.3, 0.4) is 0 Å². The molecule has 1 aliphatic heterocycles. The minimum atomic E-state index is -0.154. The number of ether oxygens (including phenoxy) is 2. The van der Waals surface area contributed by atoms with E-state index in [0.29, 0.717) is 0 Å². The van der Waals surface area contributed by atoms with Gasteiger partial charge in [-0.25, -0.2) is 4.99 Å². The van der Waals surface area contributed by atoms with Crippen molar-refractivity contribution in [2.24, 2.45) is 4.99 Å². The lowest BCUT2D eigenvalue weighted by Crippen LogP contribution is -2.31. The Labute approximate surface area is 188 Å². The lowest BCUT2D eigenvalue weighted by Gasteiger charge is -2.33. The highest BCUT2D eigenvalue weighted by atomic mass is 32.9. The molecule has 0 saturated carbocycles. The van der Waals surface area contributed by atoms with Crippen LogP contribution in [0.5, 0.6) is 17.2 Å². The molecule has 4 nitrogen and oxygen atoms in total. The van der Waals surface area contributed by atoms with Crippen molar-refractivity contribution in [1.29, 1.82) is 0 Å². The summed E-state index contributed by atoms with van der Waals surface area (Å²) < 4.78 is 12.4. The van der Waals surface area contributed by atoms with Gasteiger partial charge in [-0.3, -0.25) is 0 Å². The molecule has 0 amide bonds. The van der Waals surface area contributed by atoms with Crippen LogP contribution < -0.4 is 19.5 Å². The summed E-state index contributed by atoms with van der Waals surface area (Å²) in [5, 5.41) is 3.65. The van der Waals surface area contributed by atoms with Gasteiger partial charge in [0.05, 0.1) is 23.2 Å². The molecule has 2 heterocycles. The van der Waals surface area contributed by atoms with E-state index in [0.717, 1.165) is 38.9 Å². The monoisotopic (exact) mass is 446 g/mol. The zero-order chi connectivity index (χ0) is 21.4. The van der Waals surface area contributed by atoms with Crippen LogP contribution in [0.2, 0.25) is 0 Å². The van der Waals surface area contributed by atoms with Crippen molar-refractivity contribution in [3.05, 3.63) is 82.3 Å². The Hall–Kier alpha value is -3.09. The first-order valence-electron chi connectivity index (χ1n) is 10.0. The van der Waals surface area contributed by atoms with E-state index in [4.69, 9.17) is 14.5 Å². The summed E-state index contributed by atoms with van der Waals surface area (Å²) in [6, 6.07) is 23.8. The summed E-state index contributed by atoms with van der Waals surface area (Å²) in [6.07, 6.45) is 0. The molecule has 3 aromatic carbocycles. The predicted molar refractivity (Wildman–Crippen MR) is 129 cm³/mol. The zero-order valence-electron chi connectivity index (χ0n) is 17.5. The molecule has 0 aliphatic carbocycles. The molecule has 0 atom stereocenters. The first-order chi connectivity index (χ1) is 15.0. The van der Waals surface area contributed by atoms with Gasteiger partial charge in [0.2, 0.25) is 0 Å². The van der Waals surface area contributed by atoms with E-state index in [1.165, 1.54) is 10.4 Å². The smallest absolute Gasteiger partial charge is 0.135 e. The number of hydrogen-bond donors (Lipinski definition) is 1. The van der Waals surface area contributed by atoms with Crippen molar-refractivity contribution in [2.75, 3.05) is 12.4 Å². The van der Waals surface area contributed by atoms with E-state index in [1.54, 1.807) is 27.8 Å². The lowest BCUT2D eigenvalue weighted by atomic mass is 9.90. The number of para-hydroxylation sites is 1. The van der Waals surface area contributed by atoms with Crippen LogP contribution in [0.25, 0.3) is 11.1 Å². The second-order valence-corrected chi connectivity index (χ2v) is 9.99. The molecule has 5 rings (SSSR count). The van der Waals surface area contributed by atoms with Gasteiger partial charge < -0.3 is 14.8 Å². The number of rotatable bonds is 4. The van der Waals surface area contributed by atoms with Crippen LogP contribution >= 0.6 is 20.7 Å². The quantitative estimate of drug-likeness (QED) is 0.338. The lowest BCUT2D eigenvalue weighted by molar-refractivity contribution is 0.415. The highest BCUT2D eigenvalue weighted by Crippen LogP contribution is 2.46. The van der Waals surface area contributed by atoms with Gasteiger partial charge in [-0.1, -0.05) is 38.9 Å². The maximum Gasteiger partial charge on any atom is 0.135 e. The summed E-state index contributed by atoms with van der Waals surface area (Å²) in [7, 11) is 5.19. The number of hydrogen-bond acceptors (Lipinski definition) is 6. The summed E-state index contributed by atoms with van der Waals surface area (Å²) in [5.74, 6) is 2.46. The largest absolute Gasteiger partial charge is 0.497 e. The van der Waals surface area contributed by atoms with Gasteiger partial charge in [-0.05, 0) is 68.4 Å². The highest BCUT2D eigenvalue weighted by Gasteiger charge is 2.33. The minimum Gasteiger partial charge on any atom is -0.497 e. The first kappa shape index (κ1) is 19.8. The van der Waals surface area contributed by atoms with Crippen molar-refractivity contribution < 1.29 is 9.47 Å². The van der Waals surface area contributed by atoms with E-state index in [-0.39, 0.29) is 5.54 Å². The fraction of sp³-hybridized carbons (Fsp3) is 0.160. The highest BCUT2D eigenvalue weighted by molar-refractivity contribution is 7.68. The Morgan fingerprint density at radius 2 is 1.55 bits per heavy atom. The van der Waals surface area contributed by atoms with Gasteiger partial charge in [0.15, 0.2) is 0 Å². The third-order valence-corrected chi connectivity index (χ3v) is 7.84. The normalized spacial score (nSPS) is 14.4. The number of fused-ring (bicyclic) bond motifs is 3. The van der Waals surface area contributed by atoms with Gasteiger partial charge in [-0.15, -0.1) is 0 Å². The zero-order valence-corrected chi connectivity index (χ0v) is 19.1. The van der Waals surface area contributed by atoms with Crippen molar-refractivity contribution >= 4 is 32.1 Å². The number of anilines is 1. The molecule has 4 aromatic rings. The van der Waals surface area contributed by atoms with E-state index in [9.17, 15) is 0 Å². The molecule has 1 N–H and O–H groups in total. The van der Waals surface area contributed by atoms with Gasteiger partial charge in [0.1, 0.15) is 21.9 Å². The van der Waals surface area contributed by atoms with Crippen molar-refractivity contribution in [3.63, 3.8) is 0 Å². The van der Waals surface area contributed by atoms with E-state index >= 15 is 0 Å². The third-order valence-electron chi connectivity index (χ3n) is 5.20. The van der Waals surface area contributed by atoms with Crippen molar-refractivity contribution in [3.8, 4) is 28.4 Å². The molecular formula is C25H22N2O2S2. The number of nitrogens with one attached hydrogen (secondary N) is 1. The minimum absolute atomic E-state index is 0.154. The van der Waals surface area contributed by atoms with Crippen molar-refractivity contribution in [1.82, 2.24) is 0 Å². The second-order valence-electron chi connectivity index (χ2n) is 7.86. The molecule has 1 aromatic heterocycles. The van der Waals surface area contributed by atoms with Gasteiger partial charge >= 0.3 is 0 Å². The molecule has 6 heteroatoms. The van der Waals surface area contributed by atoms with E-state index < -0.39 is 0 Å². The Morgan fingerprint density at radius 3 is 2.29 bits per heavy atom. The first-order valence-corrected chi connectivity index (χ1v) is 12.2.